The second kappa shape index (κ2) is 8.01. The Morgan fingerprint density at radius 2 is 2.21 bits per heavy atom. The zero-order valence-electron chi connectivity index (χ0n) is 15.4. The van der Waals surface area contributed by atoms with E-state index < -0.39 is 0 Å². The van der Waals surface area contributed by atoms with Crippen LogP contribution in [0.1, 0.15) is 37.7 Å². The Morgan fingerprint density at radius 3 is 2.92 bits per heavy atom. The van der Waals surface area contributed by atoms with Crippen LogP contribution < -0.4 is 5.32 Å². The van der Waals surface area contributed by atoms with Crippen molar-refractivity contribution in [1.29, 1.82) is 0 Å². The number of aryl methyl sites for hydroxylation is 1. The molecule has 0 aromatic carbocycles. The predicted octanol–water partition coefficient (Wildman–Crippen LogP) is 1.52. The van der Waals surface area contributed by atoms with Gasteiger partial charge in [-0.2, -0.15) is 5.10 Å². The fraction of sp³-hybridized carbons (Fsp3) is 0.778. The summed E-state index contributed by atoms with van der Waals surface area (Å²) in [7, 11) is 3.89. The van der Waals surface area contributed by atoms with Crippen LogP contribution in [-0.4, -0.2) is 71.9 Å². The number of nitrogens with one attached hydrogen (secondary N) is 1. The van der Waals surface area contributed by atoms with Gasteiger partial charge >= 0.3 is 0 Å². The van der Waals surface area contributed by atoms with Crippen molar-refractivity contribution >= 4 is 5.96 Å². The van der Waals surface area contributed by atoms with Gasteiger partial charge in [0.25, 0.3) is 0 Å². The topological polar surface area (TPSA) is 48.7 Å². The number of rotatable bonds is 5. The summed E-state index contributed by atoms with van der Waals surface area (Å²) in [6, 6.07) is 0. The molecule has 24 heavy (non-hydrogen) atoms. The molecule has 0 bridgehead atoms. The highest BCUT2D eigenvalue weighted by Crippen LogP contribution is 2.26. The Labute approximate surface area is 145 Å². The molecule has 3 heterocycles. The van der Waals surface area contributed by atoms with Gasteiger partial charge in [0.15, 0.2) is 5.96 Å². The molecule has 0 aliphatic carbocycles. The third-order valence-electron chi connectivity index (χ3n) is 5.35. The lowest BCUT2D eigenvalue weighted by atomic mass is 10.0. The minimum atomic E-state index is 0.573. The minimum Gasteiger partial charge on any atom is -0.356 e. The van der Waals surface area contributed by atoms with Crippen molar-refractivity contribution in [2.45, 2.75) is 32.1 Å². The van der Waals surface area contributed by atoms with Crippen LogP contribution in [0.2, 0.25) is 0 Å². The number of hydrogen-bond acceptors (Lipinski definition) is 3. The first-order valence-corrected chi connectivity index (χ1v) is 9.36. The van der Waals surface area contributed by atoms with Crippen LogP contribution in [0.3, 0.4) is 0 Å². The number of aliphatic imine (C=N–C) groups is 1. The normalized spacial score (nSPS) is 25.6. The van der Waals surface area contributed by atoms with E-state index in [0.29, 0.717) is 5.92 Å². The van der Waals surface area contributed by atoms with Crippen molar-refractivity contribution < 1.29 is 0 Å². The number of guanidine groups is 1. The zero-order valence-corrected chi connectivity index (χ0v) is 15.4. The summed E-state index contributed by atoms with van der Waals surface area (Å²) in [5.74, 6) is 2.39. The maximum absolute atomic E-state index is 4.52. The largest absolute Gasteiger partial charge is 0.356 e. The van der Waals surface area contributed by atoms with E-state index in [0.717, 1.165) is 31.5 Å². The maximum atomic E-state index is 4.52. The number of nitrogens with zero attached hydrogens (tertiary/aromatic N) is 5. The molecule has 134 valence electrons. The monoisotopic (exact) mass is 332 g/mol. The van der Waals surface area contributed by atoms with Gasteiger partial charge in [-0.1, -0.05) is 6.92 Å². The molecular weight excluding hydrogens is 300 g/mol. The van der Waals surface area contributed by atoms with E-state index in [2.05, 4.69) is 38.3 Å². The van der Waals surface area contributed by atoms with E-state index in [-0.39, 0.29) is 0 Å². The van der Waals surface area contributed by atoms with Crippen LogP contribution in [-0.2, 0) is 7.05 Å². The van der Waals surface area contributed by atoms with Crippen molar-refractivity contribution in [1.82, 2.24) is 24.9 Å². The highest BCUT2D eigenvalue weighted by Gasteiger charge is 2.28. The van der Waals surface area contributed by atoms with Gasteiger partial charge in [0, 0.05) is 52.4 Å². The molecule has 2 aliphatic rings. The molecule has 2 fully saturated rings. The lowest BCUT2D eigenvalue weighted by Gasteiger charge is -2.23. The van der Waals surface area contributed by atoms with E-state index in [4.69, 9.17) is 0 Å². The molecule has 0 radical (unpaired) electrons. The smallest absolute Gasteiger partial charge is 0.193 e. The molecule has 2 atom stereocenters. The van der Waals surface area contributed by atoms with E-state index in [9.17, 15) is 0 Å². The first-order chi connectivity index (χ1) is 11.7. The average molecular weight is 332 g/mol. The predicted molar refractivity (Wildman–Crippen MR) is 98.3 cm³/mol. The molecule has 0 spiro atoms. The maximum Gasteiger partial charge on any atom is 0.193 e. The summed E-state index contributed by atoms with van der Waals surface area (Å²) in [6.45, 7) is 9.15. The Balaban J connectivity index is 1.47. The summed E-state index contributed by atoms with van der Waals surface area (Å²) >= 11 is 0. The SMILES string of the molecule is CCCN1CCC(CNC(=NC)N2CCC(c3cnn(C)c3)C2)C1. The van der Waals surface area contributed by atoms with Crippen molar-refractivity contribution in [2.24, 2.45) is 18.0 Å². The molecule has 3 rings (SSSR count). The molecule has 6 nitrogen and oxygen atoms in total. The molecule has 6 heteroatoms. The van der Waals surface area contributed by atoms with Crippen LogP contribution in [0.4, 0.5) is 0 Å². The molecular formula is C18H32N6. The van der Waals surface area contributed by atoms with E-state index in [1.54, 1.807) is 0 Å². The first-order valence-electron chi connectivity index (χ1n) is 9.36. The Bertz CT molecular complexity index is 551. The van der Waals surface area contributed by atoms with Gasteiger partial charge < -0.3 is 15.1 Å². The second-order valence-electron chi connectivity index (χ2n) is 7.26. The summed E-state index contributed by atoms with van der Waals surface area (Å²) < 4.78 is 1.90. The standard InChI is InChI=1S/C18H32N6/c1-4-7-23-8-5-15(12-23)10-20-18(19-2)24-9-6-16(14-24)17-11-21-22(3)13-17/h11,13,15-16H,4-10,12,14H2,1-3H3,(H,19,20). The quantitative estimate of drug-likeness (QED) is 0.656. The second-order valence-corrected chi connectivity index (χ2v) is 7.26. The van der Waals surface area contributed by atoms with Gasteiger partial charge in [0.2, 0.25) is 0 Å². The van der Waals surface area contributed by atoms with E-state index in [1.807, 2.05) is 25.0 Å². The number of aromatic nitrogens is 2. The number of hydrogen-bond donors (Lipinski definition) is 1. The molecule has 1 aromatic heterocycles. The Morgan fingerprint density at radius 1 is 1.33 bits per heavy atom. The first kappa shape index (κ1) is 17.3. The zero-order chi connectivity index (χ0) is 16.9. The van der Waals surface area contributed by atoms with Crippen molar-refractivity contribution in [3.05, 3.63) is 18.0 Å². The fourth-order valence-corrected chi connectivity index (χ4v) is 4.04. The van der Waals surface area contributed by atoms with Gasteiger partial charge in [0.1, 0.15) is 0 Å². The molecule has 0 amide bonds. The third-order valence-corrected chi connectivity index (χ3v) is 5.35. The average Bonchev–Trinajstić information content (AvgIpc) is 3.29. The highest BCUT2D eigenvalue weighted by molar-refractivity contribution is 5.80. The van der Waals surface area contributed by atoms with Crippen molar-refractivity contribution in [3.63, 3.8) is 0 Å². The molecule has 0 saturated carbocycles. The Kier molecular flexibility index (Phi) is 5.76. The molecule has 2 aliphatic heterocycles. The van der Waals surface area contributed by atoms with E-state index in [1.165, 1.54) is 44.5 Å². The van der Waals surface area contributed by atoms with Gasteiger partial charge in [-0.3, -0.25) is 9.67 Å². The lowest BCUT2D eigenvalue weighted by Crippen LogP contribution is -2.42. The summed E-state index contributed by atoms with van der Waals surface area (Å²) in [4.78, 5) is 9.50. The van der Waals surface area contributed by atoms with Crippen LogP contribution in [0.5, 0.6) is 0 Å². The molecule has 2 unspecified atom stereocenters. The fourth-order valence-electron chi connectivity index (χ4n) is 4.04. The van der Waals surface area contributed by atoms with Gasteiger partial charge in [-0.05, 0) is 43.8 Å². The highest BCUT2D eigenvalue weighted by atomic mass is 15.3. The van der Waals surface area contributed by atoms with Gasteiger partial charge in [-0.25, -0.2) is 0 Å². The lowest BCUT2D eigenvalue weighted by molar-refractivity contribution is 0.324. The van der Waals surface area contributed by atoms with E-state index >= 15 is 0 Å². The molecule has 1 N–H and O–H groups in total. The van der Waals surface area contributed by atoms with Gasteiger partial charge in [0.05, 0.1) is 6.20 Å². The van der Waals surface area contributed by atoms with Crippen LogP contribution in [0.25, 0.3) is 0 Å². The summed E-state index contributed by atoms with van der Waals surface area (Å²) in [5, 5.41) is 7.93. The van der Waals surface area contributed by atoms with Crippen molar-refractivity contribution in [3.8, 4) is 0 Å². The third kappa shape index (κ3) is 4.09. The summed E-state index contributed by atoms with van der Waals surface area (Å²) in [5.41, 5.74) is 1.35. The minimum absolute atomic E-state index is 0.573. The van der Waals surface area contributed by atoms with Gasteiger partial charge in [-0.15, -0.1) is 0 Å². The Hall–Kier alpha value is -1.56. The number of likely N-dealkylation sites (tertiary alicyclic amines) is 2. The van der Waals surface area contributed by atoms with Crippen LogP contribution in [0.15, 0.2) is 17.4 Å². The van der Waals surface area contributed by atoms with Crippen LogP contribution >= 0.6 is 0 Å². The van der Waals surface area contributed by atoms with Crippen molar-refractivity contribution in [2.75, 3.05) is 46.3 Å². The summed E-state index contributed by atoms with van der Waals surface area (Å²) in [6.07, 6.45) is 7.89. The van der Waals surface area contributed by atoms with Crippen LogP contribution in [0, 0.1) is 5.92 Å². The molecule has 1 aromatic rings. The molecule has 2 saturated heterocycles.